The van der Waals surface area contributed by atoms with E-state index < -0.39 is 5.97 Å². The molecule has 2 saturated heterocycles. The first kappa shape index (κ1) is 21.3. The Morgan fingerprint density at radius 3 is 2.53 bits per heavy atom. The van der Waals surface area contributed by atoms with Gasteiger partial charge in [-0.1, -0.05) is 29.4 Å². The summed E-state index contributed by atoms with van der Waals surface area (Å²) in [5.41, 5.74) is 4.27. The Labute approximate surface area is 198 Å². The summed E-state index contributed by atoms with van der Waals surface area (Å²) in [5, 5.41) is 13.6. The van der Waals surface area contributed by atoms with Gasteiger partial charge in [-0.3, -0.25) is 0 Å². The number of aromatic nitrogens is 3. The van der Waals surface area contributed by atoms with E-state index in [2.05, 4.69) is 39.1 Å². The zero-order valence-electron chi connectivity index (χ0n) is 19.2. The maximum Gasteiger partial charge on any atom is 0.356 e. The fourth-order valence-electron chi connectivity index (χ4n) is 5.58. The third kappa shape index (κ3) is 3.86. The van der Waals surface area contributed by atoms with Crippen LogP contribution in [0.1, 0.15) is 71.8 Å². The molecule has 2 aliphatic heterocycles. The molecule has 3 aromatic rings. The van der Waals surface area contributed by atoms with Crippen LogP contribution in [0.5, 0.6) is 0 Å². The minimum Gasteiger partial charge on any atom is -0.476 e. The Balaban J connectivity index is 1.18. The van der Waals surface area contributed by atoms with E-state index in [1.165, 1.54) is 11.8 Å². The van der Waals surface area contributed by atoms with Crippen molar-refractivity contribution in [1.29, 1.82) is 0 Å². The van der Waals surface area contributed by atoms with Crippen LogP contribution in [-0.2, 0) is 11.3 Å². The largest absolute Gasteiger partial charge is 0.476 e. The molecule has 8 heteroatoms. The Kier molecular flexibility index (Phi) is 5.32. The lowest BCUT2D eigenvalue weighted by atomic mass is 9.98. The van der Waals surface area contributed by atoms with Crippen molar-refractivity contribution in [3.8, 4) is 11.3 Å². The van der Waals surface area contributed by atoms with Gasteiger partial charge in [-0.25, -0.2) is 14.8 Å². The van der Waals surface area contributed by atoms with E-state index in [4.69, 9.17) is 14.4 Å². The minimum atomic E-state index is -1.06. The molecule has 2 bridgehead atoms. The fraction of sp³-hybridized carbons (Fsp3) is 0.462. The van der Waals surface area contributed by atoms with Crippen LogP contribution in [0.2, 0.25) is 0 Å². The SMILES string of the molecule is Cc1ccccc1-c1noc(C2CC2)c1CO[C@@H]1CC2CC[C@@H](C1)N2c1cnc(C(=O)O)cn1. The number of fused-ring (bicyclic) bond motifs is 2. The van der Waals surface area contributed by atoms with Crippen LogP contribution in [0.4, 0.5) is 5.82 Å². The summed E-state index contributed by atoms with van der Waals surface area (Å²) in [7, 11) is 0. The first-order valence-electron chi connectivity index (χ1n) is 12.1. The lowest BCUT2D eigenvalue weighted by Crippen LogP contribution is -2.46. The van der Waals surface area contributed by atoms with Gasteiger partial charge in [0.1, 0.15) is 17.3 Å². The van der Waals surface area contributed by atoms with Crippen LogP contribution in [0.15, 0.2) is 41.2 Å². The molecular formula is C26H28N4O4. The van der Waals surface area contributed by atoms with Crippen LogP contribution in [-0.4, -0.2) is 44.4 Å². The van der Waals surface area contributed by atoms with E-state index >= 15 is 0 Å². The van der Waals surface area contributed by atoms with Crippen molar-refractivity contribution in [2.45, 2.75) is 76.2 Å². The van der Waals surface area contributed by atoms with E-state index in [-0.39, 0.29) is 11.8 Å². The molecule has 1 aliphatic carbocycles. The second kappa shape index (κ2) is 8.51. The van der Waals surface area contributed by atoms with Gasteiger partial charge in [-0.05, 0) is 51.0 Å². The predicted octanol–water partition coefficient (Wildman–Crippen LogP) is 4.73. The van der Waals surface area contributed by atoms with E-state index in [0.29, 0.717) is 24.6 Å². The van der Waals surface area contributed by atoms with Gasteiger partial charge >= 0.3 is 5.97 Å². The summed E-state index contributed by atoms with van der Waals surface area (Å²) in [5.74, 6) is 1.16. The molecule has 3 atom stereocenters. The summed E-state index contributed by atoms with van der Waals surface area (Å²) >= 11 is 0. The van der Waals surface area contributed by atoms with Gasteiger partial charge in [0, 0.05) is 29.1 Å². The molecule has 6 rings (SSSR count). The molecule has 8 nitrogen and oxygen atoms in total. The fourth-order valence-corrected chi connectivity index (χ4v) is 5.58. The summed E-state index contributed by atoms with van der Waals surface area (Å²) < 4.78 is 12.4. The second-order valence-corrected chi connectivity index (χ2v) is 9.72. The highest BCUT2D eigenvalue weighted by Crippen LogP contribution is 2.45. The zero-order valence-corrected chi connectivity index (χ0v) is 19.2. The normalized spacial score (nSPS) is 23.9. The van der Waals surface area contributed by atoms with Gasteiger partial charge < -0.3 is 19.3 Å². The molecule has 2 aromatic heterocycles. The maximum absolute atomic E-state index is 11.1. The maximum atomic E-state index is 11.1. The monoisotopic (exact) mass is 460 g/mol. The van der Waals surface area contributed by atoms with Crippen molar-refractivity contribution in [3.05, 3.63) is 59.2 Å². The van der Waals surface area contributed by atoms with Crippen LogP contribution >= 0.6 is 0 Å². The van der Waals surface area contributed by atoms with Gasteiger partial charge in [-0.2, -0.15) is 0 Å². The topological polar surface area (TPSA) is 102 Å². The molecule has 3 fully saturated rings. The van der Waals surface area contributed by atoms with E-state index in [9.17, 15) is 4.79 Å². The third-order valence-electron chi connectivity index (χ3n) is 7.44. The first-order chi connectivity index (χ1) is 16.6. The van der Waals surface area contributed by atoms with E-state index in [0.717, 1.165) is 66.9 Å². The third-order valence-corrected chi connectivity index (χ3v) is 7.44. The molecule has 1 unspecified atom stereocenters. The number of piperidine rings is 1. The molecule has 3 aliphatic rings. The summed E-state index contributed by atoms with van der Waals surface area (Å²) in [6.45, 7) is 2.61. The number of hydrogen-bond acceptors (Lipinski definition) is 7. The minimum absolute atomic E-state index is 0.0287. The number of anilines is 1. The summed E-state index contributed by atoms with van der Waals surface area (Å²) in [4.78, 5) is 21.9. The highest BCUT2D eigenvalue weighted by Gasteiger charge is 2.42. The van der Waals surface area contributed by atoms with E-state index in [1.807, 2.05) is 12.1 Å². The Hall–Kier alpha value is -3.26. The molecule has 4 heterocycles. The number of aromatic carboxylic acids is 1. The number of rotatable bonds is 7. The molecule has 176 valence electrons. The lowest BCUT2D eigenvalue weighted by Gasteiger charge is -2.39. The number of carboxylic acid groups (broad SMARTS) is 1. The number of benzene rings is 1. The smallest absolute Gasteiger partial charge is 0.356 e. The standard InChI is InChI=1S/C26H28N4O4/c1-15-4-2-3-5-20(15)24-21(25(34-29-24)16-6-7-16)14-33-19-10-17-8-9-18(11-19)30(17)23-13-27-22(12-28-23)26(31)32/h2-5,12-13,16-19H,6-11,14H2,1H3,(H,31,32)/t17-,18?,19-/m0/s1. The molecule has 0 spiro atoms. The number of hydrogen-bond donors (Lipinski definition) is 1. The summed E-state index contributed by atoms with van der Waals surface area (Å²) in [6, 6.07) is 8.94. The van der Waals surface area contributed by atoms with Crippen molar-refractivity contribution in [2.75, 3.05) is 4.90 Å². The molecule has 34 heavy (non-hydrogen) atoms. The average molecular weight is 461 g/mol. The van der Waals surface area contributed by atoms with Crippen molar-refractivity contribution in [3.63, 3.8) is 0 Å². The summed E-state index contributed by atoms with van der Waals surface area (Å²) in [6.07, 6.45) is 9.40. The zero-order chi connectivity index (χ0) is 23.2. The molecule has 0 radical (unpaired) electrons. The molecule has 1 N–H and O–H groups in total. The van der Waals surface area contributed by atoms with Crippen molar-refractivity contribution < 1.29 is 19.2 Å². The number of ether oxygens (including phenoxy) is 1. The lowest BCUT2D eigenvalue weighted by molar-refractivity contribution is 0.0146. The molecule has 1 saturated carbocycles. The van der Waals surface area contributed by atoms with Crippen molar-refractivity contribution in [1.82, 2.24) is 15.1 Å². The highest BCUT2D eigenvalue weighted by atomic mass is 16.5. The molecule has 0 amide bonds. The van der Waals surface area contributed by atoms with Crippen LogP contribution in [0.25, 0.3) is 11.3 Å². The van der Waals surface area contributed by atoms with Gasteiger partial charge in [0.05, 0.1) is 25.1 Å². The van der Waals surface area contributed by atoms with Gasteiger partial charge in [-0.15, -0.1) is 0 Å². The van der Waals surface area contributed by atoms with Crippen LogP contribution < -0.4 is 4.90 Å². The van der Waals surface area contributed by atoms with Gasteiger partial charge in [0.15, 0.2) is 5.69 Å². The number of carbonyl (C=O) groups is 1. The molecule has 1 aromatic carbocycles. The van der Waals surface area contributed by atoms with Crippen LogP contribution in [0, 0.1) is 6.92 Å². The number of nitrogens with zero attached hydrogens (tertiary/aromatic N) is 4. The Morgan fingerprint density at radius 1 is 1.12 bits per heavy atom. The Morgan fingerprint density at radius 2 is 1.88 bits per heavy atom. The van der Waals surface area contributed by atoms with Gasteiger partial charge in [0.2, 0.25) is 0 Å². The second-order valence-electron chi connectivity index (χ2n) is 9.72. The first-order valence-corrected chi connectivity index (χ1v) is 12.1. The van der Waals surface area contributed by atoms with Gasteiger partial charge in [0.25, 0.3) is 0 Å². The average Bonchev–Trinajstić information content (AvgIpc) is 3.55. The van der Waals surface area contributed by atoms with Crippen LogP contribution in [0.3, 0.4) is 0 Å². The number of aryl methyl sites for hydroxylation is 1. The van der Waals surface area contributed by atoms with E-state index in [1.54, 1.807) is 6.20 Å². The highest BCUT2D eigenvalue weighted by molar-refractivity contribution is 5.84. The van der Waals surface area contributed by atoms with Crippen molar-refractivity contribution >= 4 is 11.8 Å². The quantitative estimate of drug-likeness (QED) is 0.540. The molecular weight excluding hydrogens is 432 g/mol. The Bertz CT molecular complexity index is 1190. The number of carboxylic acids is 1. The van der Waals surface area contributed by atoms with Crippen molar-refractivity contribution in [2.24, 2.45) is 0 Å². The predicted molar refractivity (Wildman–Crippen MR) is 125 cm³/mol.